The Bertz CT molecular complexity index is 1490. The van der Waals surface area contributed by atoms with Crippen molar-refractivity contribution in [1.82, 2.24) is 19.9 Å². The minimum absolute atomic E-state index is 0.185. The lowest BCUT2D eigenvalue weighted by Gasteiger charge is -2.33. The number of carbonyl (C=O) groups is 1. The van der Waals surface area contributed by atoms with Crippen LogP contribution in [0.1, 0.15) is 108 Å². The summed E-state index contributed by atoms with van der Waals surface area (Å²) in [6, 6.07) is 8.89. The van der Waals surface area contributed by atoms with E-state index in [1.165, 1.54) is 50.0 Å². The van der Waals surface area contributed by atoms with Crippen LogP contribution >= 0.6 is 0 Å². The van der Waals surface area contributed by atoms with Crippen LogP contribution in [0.15, 0.2) is 57.7 Å². The molecule has 1 N–H and O–H groups in total. The zero-order chi connectivity index (χ0) is 30.6. The van der Waals surface area contributed by atoms with Crippen LogP contribution in [0.2, 0.25) is 0 Å². The number of aromatic amines is 1. The fourth-order valence-electron chi connectivity index (χ4n) is 6.06. The Morgan fingerprint density at radius 1 is 1.14 bits per heavy atom. The number of carbonyl (C=O) groups excluding carboxylic acids is 1. The van der Waals surface area contributed by atoms with E-state index >= 15 is 0 Å². The van der Waals surface area contributed by atoms with Crippen molar-refractivity contribution in [2.45, 2.75) is 93.0 Å². The number of likely N-dealkylation sites (N-methyl/N-ethyl adjacent to an activating group) is 1. The maximum Gasteiger partial charge on any atom is 0.236 e. The third kappa shape index (κ3) is 7.52. The zero-order valence-corrected chi connectivity index (χ0v) is 27.2. The molecule has 1 fully saturated rings. The largest absolute Gasteiger partial charge is 0.361 e. The average molecular weight is 571 g/mol. The lowest BCUT2D eigenvalue weighted by Crippen LogP contribution is -2.42. The number of piperidine rings is 1. The number of fused-ring (bicyclic) bond motifs is 1. The first-order valence-corrected chi connectivity index (χ1v) is 15.5. The second kappa shape index (κ2) is 13.7. The summed E-state index contributed by atoms with van der Waals surface area (Å²) in [6.45, 7) is 20.1. The smallest absolute Gasteiger partial charge is 0.236 e. The Labute approximate surface area is 252 Å². The fraction of sp³-hybridized carbons (Fsp3) is 0.500. The van der Waals surface area contributed by atoms with Crippen LogP contribution in [-0.4, -0.2) is 52.5 Å². The number of nitrogens with zero attached hydrogens (tertiary/aromatic N) is 3. The number of aryl methyl sites for hydroxylation is 1. The van der Waals surface area contributed by atoms with E-state index in [0.717, 1.165) is 43.8 Å². The molecule has 3 aromatic rings. The van der Waals surface area contributed by atoms with Crippen LogP contribution in [0.25, 0.3) is 16.5 Å². The van der Waals surface area contributed by atoms with E-state index in [1.54, 1.807) is 0 Å². The number of aromatic nitrogens is 2. The number of hydrogen-bond donors (Lipinski definition) is 1. The number of allylic oxidation sites excluding steroid dienone is 6. The first-order valence-electron chi connectivity index (χ1n) is 15.5. The van der Waals surface area contributed by atoms with Crippen molar-refractivity contribution in [2.24, 2.45) is 0 Å². The van der Waals surface area contributed by atoms with Gasteiger partial charge in [0.1, 0.15) is 5.76 Å². The molecular formula is C36H50N4O2. The van der Waals surface area contributed by atoms with Crippen molar-refractivity contribution in [3.63, 3.8) is 0 Å². The van der Waals surface area contributed by atoms with Gasteiger partial charge in [0.25, 0.3) is 0 Å². The monoisotopic (exact) mass is 570 g/mol. The summed E-state index contributed by atoms with van der Waals surface area (Å²) in [5.41, 5.74) is 11.3. The number of rotatable bonds is 10. The molecule has 42 heavy (non-hydrogen) atoms. The summed E-state index contributed by atoms with van der Waals surface area (Å²) < 4.78 is 5.16. The van der Waals surface area contributed by atoms with Gasteiger partial charge in [0.05, 0.1) is 12.2 Å². The Kier molecular flexibility index (Phi) is 10.3. The number of hydrogen-bond acceptors (Lipinski definition) is 4. The third-order valence-electron chi connectivity index (χ3n) is 8.58. The molecule has 0 aliphatic carbocycles. The lowest BCUT2D eigenvalue weighted by atomic mass is 9.87. The van der Waals surface area contributed by atoms with Gasteiger partial charge in [-0.2, -0.15) is 0 Å². The highest BCUT2D eigenvalue weighted by Crippen LogP contribution is 2.38. The number of nitrogens with one attached hydrogen (secondary N) is 1. The Balaban J connectivity index is 1.52. The summed E-state index contributed by atoms with van der Waals surface area (Å²) in [5.74, 6) is 1.82. The van der Waals surface area contributed by atoms with E-state index in [1.807, 2.05) is 29.8 Å². The fourth-order valence-corrected chi connectivity index (χ4v) is 6.06. The predicted molar refractivity (Wildman–Crippen MR) is 175 cm³/mol. The molecule has 2 aromatic heterocycles. The number of benzene rings is 1. The molecule has 3 heterocycles. The van der Waals surface area contributed by atoms with Crippen LogP contribution in [0, 0.1) is 6.92 Å². The van der Waals surface area contributed by atoms with E-state index in [0.29, 0.717) is 24.9 Å². The molecule has 4 rings (SSSR count). The van der Waals surface area contributed by atoms with Gasteiger partial charge in [0.15, 0.2) is 0 Å². The van der Waals surface area contributed by atoms with Crippen molar-refractivity contribution in [3.05, 3.63) is 81.4 Å². The number of amides is 1. The normalized spacial score (nSPS) is 15.6. The van der Waals surface area contributed by atoms with E-state index in [2.05, 4.69) is 89.0 Å². The third-order valence-corrected chi connectivity index (χ3v) is 8.58. The Morgan fingerprint density at radius 2 is 1.86 bits per heavy atom. The average Bonchev–Trinajstić information content (AvgIpc) is 3.54. The summed E-state index contributed by atoms with van der Waals surface area (Å²) in [5, 5.41) is 5.37. The van der Waals surface area contributed by atoms with Gasteiger partial charge in [0, 0.05) is 42.3 Å². The molecule has 0 spiro atoms. The molecular weight excluding hydrogens is 520 g/mol. The number of H-pyrrole nitrogens is 1. The van der Waals surface area contributed by atoms with Crippen molar-refractivity contribution in [1.29, 1.82) is 0 Å². The highest BCUT2D eigenvalue weighted by molar-refractivity contribution is 5.92. The summed E-state index contributed by atoms with van der Waals surface area (Å²) in [7, 11) is 1.96. The van der Waals surface area contributed by atoms with Crippen LogP contribution < -0.4 is 0 Å². The minimum Gasteiger partial charge on any atom is -0.361 e. The van der Waals surface area contributed by atoms with E-state index in [-0.39, 0.29) is 5.91 Å². The number of likely N-dealkylation sites (tertiary alicyclic amines) is 1. The van der Waals surface area contributed by atoms with Gasteiger partial charge in [-0.05, 0) is 102 Å². The molecule has 1 aromatic carbocycles. The van der Waals surface area contributed by atoms with Gasteiger partial charge in [-0.3, -0.25) is 9.69 Å². The molecule has 0 radical (unpaired) electrons. The van der Waals surface area contributed by atoms with E-state index in [9.17, 15) is 4.79 Å². The highest BCUT2D eigenvalue weighted by Gasteiger charge is 2.26. The Morgan fingerprint density at radius 3 is 2.45 bits per heavy atom. The van der Waals surface area contributed by atoms with Gasteiger partial charge < -0.3 is 14.4 Å². The van der Waals surface area contributed by atoms with Gasteiger partial charge in [-0.25, -0.2) is 0 Å². The zero-order valence-electron chi connectivity index (χ0n) is 27.2. The molecule has 0 saturated carbocycles. The van der Waals surface area contributed by atoms with Crippen LogP contribution in [0.4, 0.5) is 0 Å². The molecule has 1 amide bonds. The van der Waals surface area contributed by atoms with Crippen LogP contribution in [-0.2, 0) is 11.3 Å². The quantitative estimate of drug-likeness (QED) is 0.248. The van der Waals surface area contributed by atoms with Crippen molar-refractivity contribution in [3.8, 4) is 0 Å². The second-order valence-electron chi connectivity index (χ2n) is 12.8. The molecule has 0 unspecified atom stereocenters. The van der Waals surface area contributed by atoms with Crippen LogP contribution in [0.3, 0.4) is 0 Å². The Hall–Kier alpha value is -3.38. The highest BCUT2D eigenvalue weighted by atomic mass is 16.5. The van der Waals surface area contributed by atoms with Crippen LogP contribution in [0.5, 0.6) is 0 Å². The van der Waals surface area contributed by atoms with E-state index < -0.39 is 0 Å². The first-order chi connectivity index (χ1) is 20.0. The van der Waals surface area contributed by atoms with Gasteiger partial charge in [0.2, 0.25) is 5.91 Å². The van der Waals surface area contributed by atoms with Crippen molar-refractivity contribution < 1.29 is 9.32 Å². The van der Waals surface area contributed by atoms with Crippen molar-refractivity contribution >= 4 is 22.4 Å². The minimum atomic E-state index is 0.185. The summed E-state index contributed by atoms with van der Waals surface area (Å²) in [6.07, 6.45) is 7.68. The standard InChI is InChI=1S/C36H50N4O2/c1-10-25(6)26(7)18-30(17-23(2)3)36-35(24(4)5)32-20-29(11-12-33(32)37-36)28-13-15-40(16-14-28)34(41)22-39(9)21-31-19-27(8)42-38-31/h11-12,17-20,24,28,37H,10,13-16,21-22H2,1-9H3/b26-25?,30-18+. The van der Waals surface area contributed by atoms with Gasteiger partial charge in [-0.1, -0.05) is 60.9 Å². The molecule has 1 aliphatic heterocycles. The predicted octanol–water partition coefficient (Wildman–Crippen LogP) is 8.52. The maximum absolute atomic E-state index is 13.0. The summed E-state index contributed by atoms with van der Waals surface area (Å²) in [4.78, 5) is 20.9. The van der Waals surface area contributed by atoms with Gasteiger partial charge in [-0.15, -0.1) is 0 Å². The maximum atomic E-state index is 13.0. The van der Waals surface area contributed by atoms with Gasteiger partial charge >= 0.3 is 0 Å². The van der Waals surface area contributed by atoms with Crippen molar-refractivity contribution in [2.75, 3.05) is 26.7 Å². The topological polar surface area (TPSA) is 65.4 Å². The molecule has 6 nitrogen and oxygen atoms in total. The molecule has 1 aliphatic rings. The molecule has 0 atom stereocenters. The molecule has 226 valence electrons. The van der Waals surface area contributed by atoms with E-state index in [4.69, 9.17) is 4.52 Å². The second-order valence-corrected chi connectivity index (χ2v) is 12.8. The molecule has 0 bridgehead atoms. The first kappa shape index (κ1) is 31.6. The lowest BCUT2D eigenvalue weighted by molar-refractivity contribution is -0.133. The molecule has 1 saturated heterocycles. The summed E-state index contributed by atoms with van der Waals surface area (Å²) >= 11 is 0. The SMILES string of the molecule is CCC(C)=C(C)/C=C(\C=C(C)C)c1[nH]c2ccc(C3CCN(C(=O)CN(C)Cc4cc(C)on4)CC3)cc2c1C(C)C. The molecule has 6 heteroatoms.